The van der Waals surface area contributed by atoms with Crippen LogP contribution in [0.5, 0.6) is 0 Å². The highest BCUT2D eigenvalue weighted by atomic mass is 32.2. The van der Waals surface area contributed by atoms with Crippen LogP contribution in [0.25, 0.3) is 0 Å². The van der Waals surface area contributed by atoms with Crippen LogP contribution in [0.4, 0.5) is 5.69 Å². The molecule has 26 heavy (non-hydrogen) atoms. The number of likely N-dealkylation sites (N-methyl/N-ethyl adjacent to an activating group) is 1. The Morgan fingerprint density at radius 2 is 1.88 bits per heavy atom. The van der Waals surface area contributed by atoms with Crippen molar-refractivity contribution in [2.24, 2.45) is 5.92 Å². The maximum absolute atomic E-state index is 12.7. The molecule has 0 saturated carbocycles. The van der Waals surface area contributed by atoms with E-state index in [0.717, 1.165) is 32.7 Å². The Morgan fingerprint density at radius 1 is 1.23 bits per heavy atom. The minimum absolute atomic E-state index is 0.204. The van der Waals surface area contributed by atoms with E-state index in [1.165, 1.54) is 13.0 Å². The van der Waals surface area contributed by atoms with Crippen molar-refractivity contribution in [1.82, 2.24) is 14.5 Å². The van der Waals surface area contributed by atoms with Gasteiger partial charge in [-0.25, -0.2) is 13.1 Å². The molecule has 0 aliphatic carbocycles. The Kier molecular flexibility index (Phi) is 7.16. The van der Waals surface area contributed by atoms with E-state index < -0.39 is 10.0 Å². The highest BCUT2D eigenvalue weighted by Crippen LogP contribution is 2.20. The number of piperazine rings is 1. The van der Waals surface area contributed by atoms with Crippen molar-refractivity contribution >= 4 is 21.6 Å². The predicted octanol–water partition coefficient (Wildman–Crippen LogP) is 1.12. The second-order valence-electron chi connectivity index (χ2n) is 7.22. The van der Waals surface area contributed by atoms with Gasteiger partial charge in [-0.05, 0) is 37.6 Å². The standard InChI is InChI=1S/C18H30N4O3S/c1-14(13-22-9-7-21(4)8-10-22)12-19-26(24,25)18-11-17(20-16(3)23)6-5-15(18)2/h5-6,11,14,19H,7-10,12-13H2,1-4H3,(H,20,23). The minimum Gasteiger partial charge on any atom is -0.326 e. The molecule has 1 atom stereocenters. The molecule has 0 aromatic heterocycles. The smallest absolute Gasteiger partial charge is 0.240 e. The molecular formula is C18H30N4O3S. The Balaban J connectivity index is 1.96. The van der Waals surface area contributed by atoms with Crippen molar-refractivity contribution < 1.29 is 13.2 Å². The van der Waals surface area contributed by atoms with Gasteiger partial charge in [-0.3, -0.25) is 4.79 Å². The number of nitrogens with zero attached hydrogens (tertiary/aromatic N) is 2. The first kappa shape index (κ1) is 20.8. The van der Waals surface area contributed by atoms with Crippen LogP contribution in [0, 0.1) is 12.8 Å². The molecule has 1 aromatic carbocycles. The number of anilines is 1. The summed E-state index contributed by atoms with van der Waals surface area (Å²) in [6, 6.07) is 4.91. The molecule has 1 aliphatic rings. The summed E-state index contributed by atoms with van der Waals surface area (Å²) >= 11 is 0. The third-order valence-corrected chi connectivity index (χ3v) is 6.15. The predicted molar refractivity (Wildman–Crippen MR) is 104 cm³/mol. The van der Waals surface area contributed by atoms with Gasteiger partial charge in [0, 0.05) is 51.9 Å². The van der Waals surface area contributed by atoms with Crippen LogP contribution in [-0.4, -0.2) is 70.4 Å². The van der Waals surface area contributed by atoms with Crippen molar-refractivity contribution in [1.29, 1.82) is 0 Å². The molecule has 1 amide bonds. The Bertz CT molecular complexity index is 728. The molecule has 1 heterocycles. The number of carbonyl (C=O) groups is 1. The molecule has 1 aromatic rings. The Labute approximate surface area is 156 Å². The van der Waals surface area contributed by atoms with Crippen LogP contribution in [0.1, 0.15) is 19.4 Å². The second-order valence-corrected chi connectivity index (χ2v) is 8.96. The molecule has 1 saturated heterocycles. The van der Waals surface area contributed by atoms with Crippen LogP contribution >= 0.6 is 0 Å². The number of rotatable bonds is 7. The molecule has 0 radical (unpaired) electrons. The number of hydrogen-bond acceptors (Lipinski definition) is 5. The van der Waals surface area contributed by atoms with E-state index in [0.29, 0.717) is 17.8 Å². The fourth-order valence-corrected chi connectivity index (χ4v) is 4.47. The van der Waals surface area contributed by atoms with Gasteiger partial charge in [0.25, 0.3) is 0 Å². The molecule has 8 heteroatoms. The number of carbonyl (C=O) groups excluding carboxylic acids is 1. The highest BCUT2D eigenvalue weighted by molar-refractivity contribution is 7.89. The molecule has 146 valence electrons. The molecule has 0 bridgehead atoms. The summed E-state index contributed by atoms with van der Waals surface area (Å²) in [6.07, 6.45) is 0. The average molecular weight is 383 g/mol. The van der Waals surface area contributed by atoms with Crippen LogP contribution in [-0.2, 0) is 14.8 Å². The molecule has 2 N–H and O–H groups in total. The lowest BCUT2D eigenvalue weighted by molar-refractivity contribution is -0.114. The van der Waals surface area contributed by atoms with Gasteiger partial charge in [-0.2, -0.15) is 0 Å². The van der Waals surface area contributed by atoms with E-state index in [2.05, 4.69) is 33.8 Å². The summed E-state index contributed by atoms with van der Waals surface area (Å²) in [6.45, 7) is 10.6. The molecule has 1 unspecified atom stereocenters. The van der Waals surface area contributed by atoms with Crippen molar-refractivity contribution in [2.45, 2.75) is 25.7 Å². The first-order valence-electron chi connectivity index (χ1n) is 8.96. The van der Waals surface area contributed by atoms with Crippen molar-refractivity contribution in [3.63, 3.8) is 0 Å². The van der Waals surface area contributed by atoms with E-state index in [-0.39, 0.29) is 16.7 Å². The van der Waals surface area contributed by atoms with E-state index in [1.54, 1.807) is 19.1 Å². The number of nitrogens with one attached hydrogen (secondary N) is 2. The van der Waals surface area contributed by atoms with Gasteiger partial charge in [-0.1, -0.05) is 13.0 Å². The van der Waals surface area contributed by atoms with Gasteiger partial charge >= 0.3 is 0 Å². The Hall–Kier alpha value is -1.48. The largest absolute Gasteiger partial charge is 0.326 e. The summed E-state index contributed by atoms with van der Waals surface area (Å²) < 4.78 is 28.1. The average Bonchev–Trinajstić information content (AvgIpc) is 2.56. The van der Waals surface area contributed by atoms with E-state index in [1.807, 2.05) is 0 Å². The van der Waals surface area contributed by atoms with Crippen LogP contribution in [0.3, 0.4) is 0 Å². The highest BCUT2D eigenvalue weighted by Gasteiger charge is 2.20. The van der Waals surface area contributed by atoms with Gasteiger partial charge < -0.3 is 15.1 Å². The zero-order valence-electron chi connectivity index (χ0n) is 16.1. The first-order chi connectivity index (χ1) is 12.2. The van der Waals surface area contributed by atoms with E-state index >= 15 is 0 Å². The summed E-state index contributed by atoms with van der Waals surface area (Å²) in [5.41, 5.74) is 1.13. The lowest BCUT2D eigenvalue weighted by atomic mass is 10.1. The van der Waals surface area contributed by atoms with Crippen molar-refractivity contribution in [2.75, 3.05) is 51.6 Å². The third kappa shape index (κ3) is 6.05. The minimum atomic E-state index is -3.62. The lowest BCUT2D eigenvalue weighted by Crippen LogP contribution is -2.46. The third-order valence-electron chi connectivity index (χ3n) is 4.59. The number of sulfonamides is 1. The summed E-state index contributed by atoms with van der Waals surface area (Å²) in [7, 11) is -1.50. The maximum Gasteiger partial charge on any atom is 0.240 e. The Morgan fingerprint density at radius 3 is 2.50 bits per heavy atom. The van der Waals surface area contributed by atoms with Gasteiger partial charge in [-0.15, -0.1) is 0 Å². The van der Waals surface area contributed by atoms with Crippen LogP contribution < -0.4 is 10.0 Å². The summed E-state index contributed by atoms with van der Waals surface area (Å²) in [5.74, 6) is -0.0158. The van der Waals surface area contributed by atoms with Crippen LogP contribution in [0.2, 0.25) is 0 Å². The van der Waals surface area contributed by atoms with Gasteiger partial charge in [0.05, 0.1) is 4.90 Å². The van der Waals surface area contributed by atoms with E-state index in [9.17, 15) is 13.2 Å². The number of benzene rings is 1. The van der Waals surface area contributed by atoms with Crippen molar-refractivity contribution in [3.05, 3.63) is 23.8 Å². The van der Waals surface area contributed by atoms with Gasteiger partial charge in [0.1, 0.15) is 0 Å². The second kappa shape index (κ2) is 8.94. The monoisotopic (exact) mass is 382 g/mol. The summed E-state index contributed by atoms with van der Waals surface area (Å²) in [4.78, 5) is 16.1. The van der Waals surface area contributed by atoms with Crippen LogP contribution in [0.15, 0.2) is 23.1 Å². The van der Waals surface area contributed by atoms with Gasteiger partial charge in [0.15, 0.2) is 0 Å². The first-order valence-corrected chi connectivity index (χ1v) is 10.4. The number of amides is 1. The lowest BCUT2D eigenvalue weighted by Gasteiger charge is -2.33. The number of aryl methyl sites for hydroxylation is 1. The molecule has 0 spiro atoms. The van der Waals surface area contributed by atoms with E-state index in [4.69, 9.17) is 0 Å². The molecule has 1 fully saturated rings. The maximum atomic E-state index is 12.7. The molecule has 7 nitrogen and oxygen atoms in total. The number of hydrogen-bond donors (Lipinski definition) is 2. The SMILES string of the molecule is CC(=O)Nc1ccc(C)c(S(=O)(=O)NCC(C)CN2CCN(C)CC2)c1. The zero-order valence-corrected chi connectivity index (χ0v) is 16.9. The molecule has 2 rings (SSSR count). The quantitative estimate of drug-likeness (QED) is 0.738. The summed E-state index contributed by atoms with van der Waals surface area (Å²) in [5, 5.41) is 2.63. The van der Waals surface area contributed by atoms with Gasteiger partial charge in [0.2, 0.25) is 15.9 Å². The molecular weight excluding hydrogens is 352 g/mol. The zero-order chi connectivity index (χ0) is 19.3. The van der Waals surface area contributed by atoms with Crippen molar-refractivity contribution in [3.8, 4) is 0 Å². The normalized spacial score (nSPS) is 17.8. The fourth-order valence-electron chi connectivity index (χ4n) is 3.04. The topological polar surface area (TPSA) is 81.7 Å². The fraction of sp³-hybridized carbons (Fsp3) is 0.611. The molecule has 1 aliphatic heterocycles.